The minimum Gasteiger partial charge on any atom is -0.468 e. The molecule has 6 rings (SSSR count). The van der Waals surface area contributed by atoms with Crippen molar-refractivity contribution in [2.45, 2.75) is 71.1 Å². The highest BCUT2D eigenvalue weighted by Gasteiger charge is 2.36. The highest BCUT2D eigenvalue weighted by atomic mass is 16.3. The number of hydrogen-bond donors (Lipinski definition) is 3. The van der Waals surface area contributed by atoms with Gasteiger partial charge in [-0.2, -0.15) is 5.10 Å². The number of ketones is 2. The molecule has 234 valence electrons. The van der Waals surface area contributed by atoms with Crippen LogP contribution in [0.15, 0.2) is 65.3 Å². The number of nitrogens with one attached hydrogen (secondary N) is 3. The van der Waals surface area contributed by atoms with Gasteiger partial charge in [0.2, 0.25) is 0 Å². The Morgan fingerprint density at radius 2 is 1.78 bits per heavy atom. The van der Waals surface area contributed by atoms with Crippen LogP contribution >= 0.6 is 0 Å². The number of hydrogen-bond acceptors (Lipinski definition) is 6. The van der Waals surface area contributed by atoms with Gasteiger partial charge in [-0.05, 0) is 75.0 Å². The van der Waals surface area contributed by atoms with Crippen molar-refractivity contribution in [3.8, 4) is 5.69 Å². The van der Waals surface area contributed by atoms with Gasteiger partial charge in [-0.25, -0.2) is 9.48 Å². The Labute approximate surface area is 263 Å². The lowest BCUT2D eigenvalue weighted by Crippen LogP contribution is -2.34. The largest absolute Gasteiger partial charge is 0.468 e. The van der Waals surface area contributed by atoms with Crippen LogP contribution in [0.2, 0.25) is 0 Å². The molecule has 0 spiro atoms. The first kappa shape index (κ1) is 30.5. The minimum atomic E-state index is -0.467. The summed E-state index contributed by atoms with van der Waals surface area (Å²) < 4.78 is 7.47. The van der Waals surface area contributed by atoms with E-state index < -0.39 is 11.9 Å². The highest BCUT2D eigenvalue weighted by molar-refractivity contribution is 6.12. The summed E-state index contributed by atoms with van der Waals surface area (Å²) in [5.41, 5.74) is 4.83. The topological polar surface area (TPSA) is 118 Å². The monoisotopic (exact) mass is 607 g/mol. The zero-order chi connectivity index (χ0) is 31.7. The molecule has 2 aliphatic rings. The predicted octanol–water partition coefficient (Wildman–Crippen LogP) is 7.20. The molecule has 1 saturated heterocycles. The second-order valence-corrected chi connectivity index (χ2v) is 13.3. The Kier molecular flexibility index (Phi) is 8.46. The fourth-order valence-electron chi connectivity index (χ4n) is 6.39. The van der Waals surface area contributed by atoms with Crippen LogP contribution in [0.25, 0.3) is 5.69 Å². The van der Waals surface area contributed by atoms with Crippen molar-refractivity contribution in [1.29, 1.82) is 0 Å². The van der Waals surface area contributed by atoms with Crippen molar-refractivity contribution in [3.05, 3.63) is 94.6 Å². The van der Waals surface area contributed by atoms with Gasteiger partial charge in [0, 0.05) is 30.0 Å². The lowest BCUT2D eigenvalue weighted by molar-refractivity contribution is 0.0900. The Morgan fingerprint density at radius 3 is 2.51 bits per heavy atom. The quantitative estimate of drug-likeness (QED) is 0.191. The molecule has 0 bridgehead atoms. The van der Waals surface area contributed by atoms with Gasteiger partial charge < -0.3 is 15.1 Å². The number of Topliss-reactive ketones (excluding diaryl/α,β-unsaturated/α-hetero) is 2. The number of aromatic nitrogens is 2. The number of rotatable bonds is 7. The molecular weight excluding hydrogens is 566 g/mol. The molecule has 3 N–H and O–H groups in total. The van der Waals surface area contributed by atoms with Crippen molar-refractivity contribution in [2.75, 3.05) is 23.7 Å². The third-order valence-corrected chi connectivity index (χ3v) is 8.86. The van der Waals surface area contributed by atoms with E-state index in [2.05, 4.69) is 36.7 Å². The predicted molar refractivity (Wildman–Crippen MR) is 175 cm³/mol. The maximum Gasteiger partial charge on any atom is 0.324 e. The molecule has 0 saturated carbocycles. The van der Waals surface area contributed by atoms with Gasteiger partial charge in [-0.1, -0.05) is 50.6 Å². The number of benzene rings is 2. The number of carbonyl (C=O) groups excluding carboxylic acids is 3. The van der Waals surface area contributed by atoms with E-state index in [4.69, 9.17) is 9.52 Å². The number of urea groups is 1. The molecule has 3 heterocycles. The van der Waals surface area contributed by atoms with E-state index in [9.17, 15) is 14.4 Å². The zero-order valence-corrected chi connectivity index (χ0v) is 26.4. The summed E-state index contributed by atoms with van der Waals surface area (Å²) in [6.45, 7) is 9.92. The first-order valence-electron chi connectivity index (χ1n) is 15.8. The molecule has 2 amide bonds. The molecule has 2 aromatic carbocycles. The number of carbonyl (C=O) groups is 3. The fraction of sp³-hybridized carbons (Fsp3) is 0.389. The van der Waals surface area contributed by atoms with Gasteiger partial charge >= 0.3 is 6.03 Å². The van der Waals surface area contributed by atoms with Crippen molar-refractivity contribution in [1.82, 2.24) is 15.1 Å². The second-order valence-electron chi connectivity index (χ2n) is 13.3. The van der Waals surface area contributed by atoms with Crippen LogP contribution in [-0.4, -0.2) is 40.5 Å². The number of furan rings is 1. The Hall–Kier alpha value is -4.50. The molecule has 1 fully saturated rings. The second kappa shape index (κ2) is 12.5. The van der Waals surface area contributed by atoms with Gasteiger partial charge in [0.1, 0.15) is 17.8 Å². The van der Waals surface area contributed by atoms with Crippen molar-refractivity contribution < 1.29 is 18.8 Å². The maximum absolute atomic E-state index is 14.2. The molecule has 9 nitrogen and oxygen atoms in total. The van der Waals surface area contributed by atoms with E-state index in [0.717, 1.165) is 54.9 Å². The average Bonchev–Trinajstić information content (AvgIpc) is 3.64. The molecule has 2 aromatic heterocycles. The number of aryl methyl sites for hydroxylation is 2. The molecule has 0 radical (unpaired) electrons. The van der Waals surface area contributed by atoms with E-state index in [1.165, 1.54) is 6.26 Å². The number of anilines is 2. The Bertz CT molecular complexity index is 1720. The van der Waals surface area contributed by atoms with Crippen LogP contribution in [-0.2, 0) is 11.8 Å². The van der Waals surface area contributed by atoms with Crippen molar-refractivity contribution in [3.63, 3.8) is 0 Å². The minimum absolute atomic E-state index is 0.0241. The average molecular weight is 608 g/mol. The third-order valence-electron chi connectivity index (χ3n) is 8.86. The van der Waals surface area contributed by atoms with Gasteiger partial charge in [-0.15, -0.1) is 0 Å². The molecule has 45 heavy (non-hydrogen) atoms. The molecule has 9 heteroatoms. The van der Waals surface area contributed by atoms with Gasteiger partial charge in [0.15, 0.2) is 11.6 Å². The number of fused-ring (bicyclic) bond motifs is 1. The van der Waals surface area contributed by atoms with Gasteiger partial charge in [0.05, 0.1) is 28.4 Å². The van der Waals surface area contributed by atoms with Gasteiger partial charge in [-0.3, -0.25) is 14.9 Å². The molecule has 1 aliphatic carbocycles. The fourth-order valence-corrected chi connectivity index (χ4v) is 6.39. The summed E-state index contributed by atoms with van der Waals surface area (Å²) in [4.78, 5) is 40.5. The molecular formula is C36H41N5O4. The molecule has 1 aliphatic heterocycles. The lowest BCUT2D eigenvalue weighted by Gasteiger charge is -2.30. The number of piperidine rings is 1. The van der Waals surface area contributed by atoms with E-state index >= 15 is 0 Å². The van der Waals surface area contributed by atoms with Crippen LogP contribution < -0.4 is 16.0 Å². The summed E-state index contributed by atoms with van der Waals surface area (Å²) in [6.07, 6.45) is 4.98. The van der Waals surface area contributed by atoms with E-state index in [0.29, 0.717) is 41.2 Å². The first-order valence-corrected chi connectivity index (χ1v) is 15.8. The highest BCUT2D eigenvalue weighted by Crippen LogP contribution is 2.38. The normalized spacial score (nSPS) is 16.2. The van der Waals surface area contributed by atoms with E-state index in [1.807, 2.05) is 61.5 Å². The van der Waals surface area contributed by atoms with E-state index in [1.54, 1.807) is 4.68 Å². The molecule has 1 atom stereocenters. The number of nitrogens with zero attached hydrogens (tertiary/aromatic N) is 2. The summed E-state index contributed by atoms with van der Waals surface area (Å²) in [7, 11) is 0. The maximum atomic E-state index is 14.2. The Balaban J connectivity index is 1.27. The van der Waals surface area contributed by atoms with Crippen LogP contribution in [0.3, 0.4) is 0 Å². The van der Waals surface area contributed by atoms with Crippen LogP contribution in [0, 0.1) is 12.8 Å². The van der Waals surface area contributed by atoms with Crippen LogP contribution in [0.5, 0.6) is 0 Å². The zero-order valence-electron chi connectivity index (χ0n) is 26.4. The third kappa shape index (κ3) is 6.49. The summed E-state index contributed by atoms with van der Waals surface area (Å²) in [5.74, 6) is 0.668. The summed E-state index contributed by atoms with van der Waals surface area (Å²) >= 11 is 0. The Morgan fingerprint density at radius 1 is 1.02 bits per heavy atom. The van der Waals surface area contributed by atoms with Crippen molar-refractivity contribution in [2.24, 2.45) is 5.92 Å². The van der Waals surface area contributed by atoms with Gasteiger partial charge in [0.25, 0.3) is 0 Å². The number of amides is 2. The lowest BCUT2D eigenvalue weighted by atomic mass is 9.75. The summed E-state index contributed by atoms with van der Waals surface area (Å²) in [5, 5.41) is 14.1. The van der Waals surface area contributed by atoms with Crippen molar-refractivity contribution >= 4 is 29.1 Å². The molecule has 4 aromatic rings. The molecule has 1 unspecified atom stereocenters. The smallest absolute Gasteiger partial charge is 0.324 e. The first-order chi connectivity index (χ1) is 21.6. The summed E-state index contributed by atoms with van der Waals surface area (Å²) in [6, 6.07) is 16.9. The van der Waals surface area contributed by atoms with Crippen LogP contribution in [0.4, 0.5) is 16.3 Å². The standard InChI is InChI=1S/C36H41N5O4/c1-22-11-13-26(14-12-22)41-31(20-30(40-41)36(2,3)4)39-35(44)38-25-8-5-7-24(19-25)32(23-15-17-37-18-16-23)34(43)27-21-45-29-10-6-9-28(42)33(27)29/h5,7-8,11-14,19-21,23,32,37H,6,9-10,15-18H2,1-4H3,(H2,38,39,44). The van der Waals surface area contributed by atoms with Crippen LogP contribution in [0.1, 0.15) is 95.7 Å². The van der Waals surface area contributed by atoms with E-state index in [-0.39, 0.29) is 22.9 Å². The SMILES string of the molecule is Cc1ccc(-n2nc(C(C)(C)C)cc2NC(=O)Nc2cccc(C(C(=O)c3coc4c3C(=O)CCC4)C3CCNCC3)c2)cc1.